The van der Waals surface area contributed by atoms with Gasteiger partial charge in [0.25, 0.3) is 5.91 Å². The molecule has 0 spiro atoms. The molecule has 32 heavy (non-hydrogen) atoms. The maximum Gasteiger partial charge on any atom is 0.255 e. The van der Waals surface area contributed by atoms with Crippen molar-refractivity contribution < 1.29 is 23.8 Å². The van der Waals surface area contributed by atoms with Crippen LogP contribution in [0.3, 0.4) is 0 Å². The molecule has 1 saturated heterocycles. The van der Waals surface area contributed by atoms with Crippen LogP contribution in [0, 0.1) is 5.82 Å². The average Bonchev–Trinajstić information content (AvgIpc) is 3.20. The van der Waals surface area contributed by atoms with Crippen LogP contribution in [0.2, 0.25) is 0 Å². The fraction of sp³-hybridized carbons (Fsp3) is 0.261. The highest BCUT2D eigenvalue weighted by Crippen LogP contribution is 2.30. The molecular weight excluding hydrogens is 415 g/mol. The highest BCUT2D eigenvalue weighted by atomic mass is 19.1. The smallest absolute Gasteiger partial charge is 0.255 e. The number of halogens is 1. The van der Waals surface area contributed by atoms with Crippen LogP contribution in [-0.4, -0.2) is 50.6 Å². The summed E-state index contributed by atoms with van der Waals surface area (Å²) in [5.74, 6) is -0.276. The third-order valence-corrected chi connectivity index (χ3v) is 5.48. The van der Waals surface area contributed by atoms with Crippen molar-refractivity contribution in [2.75, 3.05) is 18.5 Å². The Morgan fingerprint density at radius 3 is 2.56 bits per heavy atom. The van der Waals surface area contributed by atoms with E-state index in [1.807, 2.05) is 11.6 Å². The molecule has 166 valence electrons. The van der Waals surface area contributed by atoms with Crippen LogP contribution in [0.15, 0.2) is 60.9 Å². The zero-order chi connectivity index (χ0) is 22.7. The predicted molar refractivity (Wildman–Crippen MR) is 114 cm³/mol. The number of imidazole rings is 1. The summed E-state index contributed by atoms with van der Waals surface area (Å²) in [5.41, 5.74) is 1.66. The number of aliphatic hydroxyl groups excluding tert-OH is 1. The second kappa shape index (κ2) is 9.29. The summed E-state index contributed by atoms with van der Waals surface area (Å²) in [4.78, 5) is 30.7. The van der Waals surface area contributed by atoms with Crippen molar-refractivity contribution in [1.82, 2.24) is 14.5 Å². The number of hydrogen-bond donors (Lipinski definition) is 2. The second-order valence-corrected chi connectivity index (χ2v) is 7.54. The van der Waals surface area contributed by atoms with Crippen LogP contribution in [0.4, 0.5) is 10.1 Å². The van der Waals surface area contributed by atoms with Gasteiger partial charge in [-0.2, -0.15) is 0 Å². The lowest BCUT2D eigenvalue weighted by molar-refractivity contribution is -0.162. The zero-order valence-corrected chi connectivity index (χ0v) is 17.4. The van der Waals surface area contributed by atoms with Crippen molar-refractivity contribution in [3.8, 4) is 0 Å². The van der Waals surface area contributed by atoms with E-state index in [2.05, 4.69) is 10.3 Å². The summed E-state index contributed by atoms with van der Waals surface area (Å²) in [7, 11) is 1.84. The van der Waals surface area contributed by atoms with Crippen molar-refractivity contribution in [2.24, 2.45) is 7.05 Å². The van der Waals surface area contributed by atoms with Gasteiger partial charge in [0.2, 0.25) is 5.91 Å². The van der Waals surface area contributed by atoms with Crippen LogP contribution in [0.5, 0.6) is 0 Å². The molecule has 2 heterocycles. The SMILES string of the molecule is Cn1ccnc1CN1C(=O)CO[C@H](c2ccc(NC(=O)c3ccc(F)cc3)cc2)[C@H]1CO. The lowest BCUT2D eigenvalue weighted by Crippen LogP contribution is -2.52. The summed E-state index contributed by atoms with van der Waals surface area (Å²) in [6.45, 7) is -0.113. The molecule has 3 aromatic rings. The van der Waals surface area contributed by atoms with E-state index in [1.165, 1.54) is 24.3 Å². The highest BCUT2D eigenvalue weighted by Gasteiger charge is 2.37. The van der Waals surface area contributed by atoms with Gasteiger partial charge >= 0.3 is 0 Å². The Morgan fingerprint density at radius 1 is 1.22 bits per heavy atom. The molecular formula is C23H23FN4O4. The minimum atomic E-state index is -0.576. The number of carbonyl (C=O) groups is 2. The van der Waals surface area contributed by atoms with Crippen LogP contribution >= 0.6 is 0 Å². The summed E-state index contributed by atoms with van der Waals surface area (Å²) in [6.07, 6.45) is 2.93. The third-order valence-electron chi connectivity index (χ3n) is 5.48. The summed E-state index contributed by atoms with van der Waals surface area (Å²) < 4.78 is 20.6. The number of aliphatic hydroxyl groups is 1. The van der Waals surface area contributed by atoms with Gasteiger partial charge in [-0.3, -0.25) is 9.59 Å². The zero-order valence-electron chi connectivity index (χ0n) is 17.4. The number of ether oxygens (including phenoxy) is 1. The van der Waals surface area contributed by atoms with Crippen molar-refractivity contribution in [3.05, 3.63) is 83.7 Å². The van der Waals surface area contributed by atoms with E-state index in [-0.39, 0.29) is 31.6 Å². The number of rotatable bonds is 6. The molecule has 2 atom stereocenters. The first-order chi connectivity index (χ1) is 15.5. The minimum Gasteiger partial charge on any atom is -0.394 e. The molecule has 1 aliphatic rings. The van der Waals surface area contributed by atoms with Crippen LogP contribution < -0.4 is 5.32 Å². The van der Waals surface area contributed by atoms with Gasteiger partial charge in [-0.25, -0.2) is 9.37 Å². The second-order valence-electron chi connectivity index (χ2n) is 7.54. The number of morpholine rings is 1. The molecule has 4 rings (SSSR count). The molecule has 0 bridgehead atoms. The van der Waals surface area contributed by atoms with Crippen molar-refractivity contribution >= 4 is 17.5 Å². The molecule has 2 aromatic carbocycles. The number of nitrogens with one attached hydrogen (secondary N) is 1. The predicted octanol–water partition coefficient (Wildman–Crippen LogP) is 2.27. The normalized spacial score (nSPS) is 18.6. The van der Waals surface area contributed by atoms with Gasteiger partial charge in [0, 0.05) is 30.7 Å². The van der Waals surface area contributed by atoms with Gasteiger partial charge in [0.15, 0.2) is 0 Å². The minimum absolute atomic E-state index is 0.103. The number of anilines is 1. The van der Waals surface area contributed by atoms with E-state index in [4.69, 9.17) is 4.74 Å². The first-order valence-corrected chi connectivity index (χ1v) is 10.1. The van der Waals surface area contributed by atoms with Crippen LogP contribution in [0.25, 0.3) is 0 Å². The van der Waals surface area contributed by atoms with Crippen LogP contribution in [-0.2, 0) is 23.1 Å². The summed E-state index contributed by atoms with van der Waals surface area (Å²) >= 11 is 0. The van der Waals surface area contributed by atoms with Gasteiger partial charge in [-0.15, -0.1) is 0 Å². The van der Waals surface area contributed by atoms with Gasteiger partial charge in [0.05, 0.1) is 19.2 Å². The Morgan fingerprint density at radius 2 is 1.94 bits per heavy atom. The Labute approximate surface area is 184 Å². The van der Waals surface area contributed by atoms with E-state index in [9.17, 15) is 19.1 Å². The topological polar surface area (TPSA) is 96.7 Å². The molecule has 1 aromatic heterocycles. The van der Waals surface area contributed by atoms with E-state index in [0.29, 0.717) is 17.1 Å². The fourth-order valence-corrected chi connectivity index (χ4v) is 3.68. The number of aromatic nitrogens is 2. The number of hydrogen-bond acceptors (Lipinski definition) is 5. The van der Waals surface area contributed by atoms with Crippen molar-refractivity contribution in [3.63, 3.8) is 0 Å². The maximum absolute atomic E-state index is 13.0. The molecule has 1 fully saturated rings. The lowest BCUT2D eigenvalue weighted by Gasteiger charge is -2.40. The Bertz CT molecular complexity index is 1100. The number of benzene rings is 2. The maximum atomic E-state index is 13.0. The molecule has 2 N–H and O–H groups in total. The molecule has 9 heteroatoms. The largest absolute Gasteiger partial charge is 0.394 e. The summed E-state index contributed by atoms with van der Waals surface area (Å²) in [5, 5.41) is 12.8. The number of amides is 2. The van der Waals surface area contributed by atoms with Gasteiger partial charge in [-0.1, -0.05) is 12.1 Å². The molecule has 0 unspecified atom stereocenters. The van der Waals surface area contributed by atoms with E-state index in [1.54, 1.807) is 41.6 Å². The summed E-state index contributed by atoms with van der Waals surface area (Å²) in [6, 6.07) is 11.7. The molecule has 0 saturated carbocycles. The van der Waals surface area contributed by atoms with Crippen molar-refractivity contribution in [1.29, 1.82) is 0 Å². The standard InChI is InChI=1S/C23H23FN4O4/c1-27-11-10-25-20(27)12-28-19(13-29)22(32-14-21(28)30)15-4-8-18(9-5-15)26-23(31)16-2-6-17(24)7-3-16/h2-11,19,22,29H,12-14H2,1H3,(H,26,31)/t19-,22-/m1/s1. The van der Waals surface area contributed by atoms with Gasteiger partial charge < -0.3 is 24.6 Å². The van der Waals surface area contributed by atoms with Crippen LogP contribution in [0.1, 0.15) is 27.8 Å². The average molecular weight is 438 g/mol. The third kappa shape index (κ3) is 4.53. The Balaban J connectivity index is 1.48. The Hall–Kier alpha value is -3.56. The van der Waals surface area contributed by atoms with Crippen molar-refractivity contribution in [2.45, 2.75) is 18.7 Å². The number of carbonyl (C=O) groups excluding carboxylic acids is 2. The molecule has 8 nitrogen and oxygen atoms in total. The molecule has 1 aliphatic heterocycles. The molecule has 0 aliphatic carbocycles. The van der Waals surface area contributed by atoms with E-state index in [0.717, 1.165) is 5.56 Å². The Kier molecular flexibility index (Phi) is 6.29. The van der Waals surface area contributed by atoms with Gasteiger partial charge in [-0.05, 0) is 42.0 Å². The molecule has 2 amide bonds. The van der Waals surface area contributed by atoms with E-state index < -0.39 is 18.0 Å². The molecule has 0 radical (unpaired) electrons. The quantitative estimate of drug-likeness (QED) is 0.616. The first kappa shape index (κ1) is 21.7. The lowest BCUT2D eigenvalue weighted by atomic mass is 9.99. The fourth-order valence-electron chi connectivity index (χ4n) is 3.68. The van der Waals surface area contributed by atoms with Gasteiger partial charge in [0.1, 0.15) is 24.4 Å². The first-order valence-electron chi connectivity index (χ1n) is 10.1. The number of aryl methyl sites for hydroxylation is 1. The monoisotopic (exact) mass is 438 g/mol. The number of nitrogens with zero attached hydrogens (tertiary/aromatic N) is 3. The van der Waals surface area contributed by atoms with E-state index >= 15 is 0 Å². The highest BCUT2D eigenvalue weighted by molar-refractivity contribution is 6.04.